The van der Waals surface area contributed by atoms with Gasteiger partial charge in [0.25, 0.3) is 5.91 Å². The summed E-state index contributed by atoms with van der Waals surface area (Å²) in [5.74, 6) is 1.46. The second kappa shape index (κ2) is 9.29. The molecule has 5 rings (SSSR count). The summed E-state index contributed by atoms with van der Waals surface area (Å²) in [5, 5.41) is 3.00. The molecule has 2 aliphatic rings. The molecule has 5 heterocycles. The second-order valence-electron chi connectivity index (χ2n) is 8.53. The molecule has 1 amide bonds. The van der Waals surface area contributed by atoms with Crippen LogP contribution < -0.4 is 10.1 Å². The third-order valence-corrected chi connectivity index (χ3v) is 6.44. The number of hydrogen-bond donors (Lipinski definition) is 1. The van der Waals surface area contributed by atoms with Gasteiger partial charge in [-0.15, -0.1) is 0 Å². The van der Waals surface area contributed by atoms with E-state index in [9.17, 15) is 4.79 Å². The molecular weight excluding hydrogens is 420 g/mol. The number of imidazole rings is 1. The third kappa shape index (κ3) is 4.46. The normalized spacial score (nSPS) is 19.7. The van der Waals surface area contributed by atoms with Gasteiger partial charge in [0.1, 0.15) is 11.4 Å². The summed E-state index contributed by atoms with van der Waals surface area (Å²) in [6, 6.07) is 7.78. The average molecular weight is 449 g/mol. The van der Waals surface area contributed by atoms with E-state index in [1.54, 1.807) is 31.9 Å². The summed E-state index contributed by atoms with van der Waals surface area (Å²) in [5.41, 5.74) is 1.46. The molecule has 0 aliphatic carbocycles. The predicted molar refractivity (Wildman–Crippen MR) is 120 cm³/mol. The number of aromatic nitrogens is 4. The number of rotatable bonds is 6. The topological polar surface area (TPSA) is 94.4 Å². The van der Waals surface area contributed by atoms with Crippen LogP contribution in [0.1, 0.15) is 29.8 Å². The van der Waals surface area contributed by atoms with Crippen molar-refractivity contribution in [1.29, 1.82) is 0 Å². The summed E-state index contributed by atoms with van der Waals surface area (Å²) in [4.78, 5) is 28.4. The Kier molecular flexibility index (Phi) is 6.06. The van der Waals surface area contributed by atoms with Gasteiger partial charge in [0.05, 0.1) is 13.7 Å². The fraction of sp³-hybridized carbons (Fsp3) is 0.417. The molecule has 3 aromatic heterocycles. The number of methoxy groups -OCH3 is 1. The first-order chi connectivity index (χ1) is 16.2. The van der Waals surface area contributed by atoms with Gasteiger partial charge in [-0.3, -0.25) is 14.7 Å². The van der Waals surface area contributed by atoms with Crippen LogP contribution in [0, 0.1) is 0 Å². The van der Waals surface area contributed by atoms with E-state index in [-0.39, 0.29) is 5.91 Å². The van der Waals surface area contributed by atoms with Crippen LogP contribution in [0.4, 0.5) is 0 Å². The Balaban J connectivity index is 1.26. The molecule has 33 heavy (non-hydrogen) atoms. The van der Waals surface area contributed by atoms with E-state index >= 15 is 0 Å². The number of nitrogens with zero attached hydrogens (tertiary/aromatic N) is 5. The van der Waals surface area contributed by atoms with E-state index < -0.39 is 11.7 Å². The van der Waals surface area contributed by atoms with Crippen LogP contribution in [0.15, 0.2) is 55.2 Å². The highest BCUT2D eigenvalue weighted by atomic mass is 16.5. The van der Waals surface area contributed by atoms with Crippen molar-refractivity contribution in [3.05, 3.63) is 72.2 Å². The van der Waals surface area contributed by atoms with Gasteiger partial charge in [-0.2, -0.15) is 0 Å². The first-order valence-corrected chi connectivity index (χ1v) is 11.2. The van der Waals surface area contributed by atoms with Gasteiger partial charge in [-0.1, -0.05) is 12.1 Å². The lowest BCUT2D eigenvalue weighted by molar-refractivity contribution is -0.174. The van der Waals surface area contributed by atoms with Gasteiger partial charge in [0.15, 0.2) is 6.10 Å². The van der Waals surface area contributed by atoms with E-state index in [4.69, 9.17) is 9.47 Å². The van der Waals surface area contributed by atoms with Crippen LogP contribution in [0.2, 0.25) is 0 Å². The molecule has 2 aliphatic heterocycles. The highest BCUT2D eigenvalue weighted by molar-refractivity contribution is 5.80. The van der Waals surface area contributed by atoms with Crippen LogP contribution >= 0.6 is 0 Å². The van der Waals surface area contributed by atoms with Crippen molar-refractivity contribution in [3.8, 4) is 5.88 Å². The zero-order valence-corrected chi connectivity index (χ0v) is 18.7. The van der Waals surface area contributed by atoms with Crippen molar-refractivity contribution in [3.63, 3.8) is 0 Å². The van der Waals surface area contributed by atoms with Gasteiger partial charge in [-0.25, -0.2) is 9.97 Å². The van der Waals surface area contributed by atoms with Crippen LogP contribution in [0.25, 0.3) is 0 Å². The maximum absolute atomic E-state index is 13.0. The number of carbonyl (C=O) groups is 1. The Morgan fingerprint density at radius 3 is 2.85 bits per heavy atom. The Labute approximate surface area is 192 Å². The van der Waals surface area contributed by atoms with E-state index in [1.165, 1.54) is 0 Å². The highest BCUT2D eigenvalue weighted by Crippen LogP contribution is 2.40. The number of carbonyl (C=O) groups excluding carboxylic acids is 1. The Bertz CT molecular complexity index is 1090. The molecule has 0 bridgehead atoms. The fourth-order valence-electron chi connectivity index (χ4n) is 4.72. The number of likely N-dealkylation sites (tertiary alicyclic amines) is 1. The van der Waals surface area contributed by atoms with Crippen LogP contribution in [-0.2, 0) is 34.8 Å². The molecule has 1 saturated heterocycles. The Morgan fingerprint density at radius 1 is 1.21 bits per heavy atom. The standard InChI is InChI=1S/C24H28N6O3/c1-32-22-19(5-3-9-26-22)16-29-11-6-24(7-12-29)23-27-10-13-30(23)17-20(33-24)21(31)28-15-18-4-2-8-25-14-18/h2-5,8-10,13-14,20H,6-7,11-12,15-17H2,1H3,(H,28,31). The van der Waals surface area contributed by atoms with Crippen molar-refractivity contribution < 1.29 is 14.3 Å². The molecule has 1 unspecified atom stereocenters. The molecular formula is C24H28N6O3. The molecule has 3 aromatic rings. The van der Waals surface area contributed by atoms with Gasteiger partial charge in [0.2, 0.25) is 5.88 Å². The Hall–Kier alpha value is -3.30. The maximum atomic E-state index is 13.0. The zero-order chi connectivity index (χ0) is 22.7. The number of nitrogens with one attached hydrogen (secondary N) is 1. The molecule has 0 aromatic carbocycles. The summed E-state index contributed by atoms with van der Waals surface area (Å²) >= 11 is 0. The third-order valence-electron chi connectivity index (χ3n) is 6.44. The van der Waals surface area contributed by atoms with Crippen molar-refractivity contribution in [2.45, 2.75) is 44.2 Å². The van der Waals surface area contributed by atoms with Gasteiger partial charge in [-0.05, 0) is 30.5 Å². The lowest BCUT2D eigenvalue weighted by Gasteiger charge is -2.45. The summed E-state index contributed by atoms with van der Waals surface area (Å²) in [6.07, 6.45) is 9.91. The molecule has 0 radical (unpaired) electrons. The maximum Gasteiger partial charge on any atom is 0.251 e. The van der Waals surface area contributed by atoms with Gasteiger partial charge in [0, 0.05) is 62.7 Å². The lowest BCUT2D eigenvalue weighted by Crippen LogP contribution is -2.53. The van der Waals surface area contributed by atoms with Crippen molar-refractivity contribution in [2.24, 2.45) is 0 Å². The molecule has 172 valence electrons. The van der Waals surface area contributed by atoms with Crippen molar-refractivity contribution in [2.75, 3.05) is 20.2 Å². The van der Waals surface area contributed by atoms with Gasteiger partial charge >= 0.3 is 0 Å². The van der Waals surface area contributed by atoms with Crippen molar-refractivity contribution in [1.82, 2.24) is 29.7 Å². The molecule has 1 N–H and O–H groups in total. The molecule has 1 spiro atoms. The number of pyridine rings is 2. The molecule has 0 saturated carbocycles. The van der Waals surface area contributed by atoms with Crippen LogP contribution in [0.5, 0.6) is 5.88 Å². The second-order valence-corrected chi connectivity index (χ2v) is 8.53. The van der Waals surface area contributed by atoms with Gasteiger partial charge < -0.3 is 19.4 Å². The van der Waals surface area contributed by atoms with E-state index in [0.717, 1.165) is 49.4 Å². The smallest absolute Gasteiger partial charge is 0.251 e. The minimum Gasteiger partial charge on any atom is -0.481 e. The van der Waals surface area contributed by atoms with Crippen molar-refractivity contribution >= 4 is 5.91 Å². The van der Waals surface area contributed by atoms with E-state index in [0.29, 0.717) is 19.0 Å². The SMILES string of the molecule is COc1ncccc1CN1CCC2(CC1)OC(C(=O)NCc1cccnc1)Cn1ccnc12. The van der Waals surface area contributed by atoms with E-state index in [1.807, 2.05) is 30.5 Å². The number of amides is 1. The van der Waals surface area contributed by atoms with Crippen LogP contribution in [0.3, 0.4) is 0 Å². The average Bonchev–Trinajstić information content (AvgIpc) is 3.35. The molecule has 9 heteroatoms. The summed E-state index contributed by atoms with van der Waals surface area (Å²) in [7, 11) is 1.65. The zero-order valence-electron chi connectivity index (χ0n) is 18.7. The number of fused-ring (bicyclic) bond motifs is 2. The Morgan fingerprint density at radius 2 is 2.06 bits per heavy atom. The first-order valence-electron chi connectivity index (χ1n) is 11.2. The number of hydrogen-bond acceptors (Lipinski definition) is 7. The largest absolute Gasteiger partial charge is 0.481 e. The number of ether oxygens (including phenoxy) is 2. The fourth-order valence-corrected chi connectivity index (χ4v) is 4.72. The minimum atomic E-state index is -0.562. The monoisotopic (exact) mass is 448 g/mol. The van der Waals surface area contributed by atoms with Crippen LogP contribution in [-0.4, -0.2) is 56.6 Å². The number of piperidine rings is 1. The summed E-state index contributed by atoms with van der Waals surface area (Å²) < 4.78 is 14.0. The molecule has 1 atom stereocenters. The summed E-state index contributed by atoms with van der Waals surface area (Å²) in [6.45, 7) is 3.31. The first kappa shape index (κ1) is 21.5. The highest BCUT2D eigenvalue weighted by Gasteiger charge is 2.47. The predicted octanol–water partition coefficient (Wildman–Crippen LogP) is 1.89. The molecule has 9 nitrogen and oxygen atoms in total. The minimum absolute atomic E-state index is 0.111. The van der Waals surface area contributed by atoms with E-state index in [2.05, 4.69) is 29.7 Å². The lowest BCUT2D eigenvalue weighted by atomic mass is 9.88. The quantitative estimate of drug-likeness (QED) is 0.615. The molecule has 1 fully saturated rings.